The first-order chi connectivity index (χ1) is 9.74. The normalized spacial score (nSPS) is 16.1. The molecule has 0 radical (unpaired) electrons. The number of ketones is 1. The molecule has 4 nitrogen and oxygen atoms in total. The van der Waals surface area contributed by atoms with Crippen LogP contribution in [0, 0.1) is 5.92 Å². The average molecular weight is 284 g/mol. The Balaban J connectivity index is 2.00. The highest BCUT2D eigenvalue weighted by molar-refractivity contribution is 5.96. The molecule has 4 heteroatoms. The molecule has 1 aliphatic heterocycles. The molecule has 0 spiro atoms. The topological polar surface area (TPSA) is 52.6 Å². The van der Waals surface area contributed by atoms with Gasteiger partial charge in [-0.1, -0.05) is 39.0 Å². The van der Waals surface area contributed by atoms with Gasteiger partial charge < -0.3 is 9.47 Å². The second-order valence-corrected chi connectivity index (χ2v) is 5.52. The summed E-state index contributed by atoms with van der Waals surface area (Å²) in [5.74, 6) is -0.360. The second-order valence-electron chi connectivity index (χ2n) is 5.52. The van der Waals surface area contributed by atoms with Gasteiger partial charge in [0.2, 0.25) is 0 Å². The lowest BCUT2D eigenvalue weighted by Gasteiger charge is -2.20. The Hall–Kier alpha value is -0.900. The maximum Gasteiger partial charge on any atom is 0.313 e. The first-order valence-corrected chi connectivity index (χ1v) is 8.00. The molecule has 0 aromatic carbocycles. The predicted molar refractivity (Wildman–Crippen MR) is 77.5 cm³/mol. The summed E-state index contributed by atoms with van der Waals surface area (Å²) in [5, 5.41) is 0. The van der Waals surface area contributed by atoms with Crippen LogP contribution >= 0.6 is 0 Å². The van der Waals surface area contributed by atoms with Crippen LogP contribution < -0.4 is 0 Å². The third kappa shape index (κ3) is 7.63. The molecule has 1 aliphatic rings. The lowest BCUT2D eigenvalue weighted by molar-refractivity contribution is -0.147. The smallest absolute Gasteiger partial charge is 0.313 e. The number of hydrogen-bond acceptors (Lipinski definition) is 4. The van der Waals surface area contributed by atoms with Crippen molar-refractivity contribution < 1.29 is 19.1 Å². The van der Waals surface area contributed by atoms with E-state index < -0.39 is 0 Å². The van der Waals surface area contributed by atoms with Crippen LogP contribution in [0.5, 0.6) is 0 Å². The first kappa shape index (κ1) is 17.2. The fourth-order valence-electron chi connectivity index (χ4n) is 2.43. The highest BCUT2D eigenvalue weighted by Crippen LogP contribution is 2.17. The van der Waals surface area contributed by atoms with Crippen LogP contribution in [0.2, 0.25) is 0 Å². The fourth-order valence-corrected chi connectivity index (χ4v) is 2.43. The number of carbonyl (C=O) groups is 2. The summed E-state index contributed by atoms with van der Waals surface area (Å²) in [4.78, 5) is 23.4. The summed E-state index contributed by atoms with van der Waals surface area (Å²) < 4.78 is 10.3. The molecule has 0 aliphatic carbocycles. The minimum Gasteiger partial charge on any atom is -0.465 e. The van der Waals surface area contributed by atoms with Gasteiger partial charge in [-0.25, -0.2) is 0 Å². The van der Waals surface area contributed by atoms with Crippen LogP contribution in [0.25, 0.3) is 0 Å². The van der Waals surface area contributed by atoms with Gasteiger partial charge in [0.15, 0.2) is 0 Å². The minimum atomic E-state index is -0.366. The zero-order valence-electron chi connectivity index (χ0n) is 12.7. The third-order valence-corrected chi connectivity index (χ3v) is 3.76. The quantitative estimate of drug-likeness (QED) is 0.351. The molecule has 0 bridgehead atoms. The summed E-state index contributed by atoms with van der Waals surface area (Å²) in [6.45, 7) is 3.90. The number of ether oxygens (including phenoxy) is 2. The summed E-state index contributed by atoms with van der Waals surface area (Å²) in [6, 6.07) is 0. The SMILES string of the molecule is CCCCCCCCOC(=O)CC(=O)C1CCOCC1. The molecule has 20 heavy (non-hydrogen) atoms. The summed E-state index contributed by atoms with van der Waals surface area (Å²) in [5.41, 5.74) is 0. The molecule has 116 valence electrons. The summed E-state index contributed by atoms with van der Waals surface area (Å²) in [7, 11) is 0. The number of Topliss-reactive ketones (excluding diaryl/α,β-unsaturated/α-hetero) is 1. The van der Waals surface area contributed by atoms with Crippen molar-refractivity contribution in [2.24, 2.45) is 5.92 Å². The Kier molecular flexibility index (Phi) is 9.29. The predicted octanol–water partition coefficient (Wildman–Crippen LogP) is 3.28. The van der Waals surface area contributed by atoms with Gasteiger partial charge in [-0.3, -0.25) is 9.59 Å². The van der Waals surface area contributed by atoms with Gasteiger partial charge in [-0.15, -0.1) is 0 Å². The van der Waals surface area contributed by atoms with Crippen molar-refractivity contribution in [3.05, 3.63) is 0 Å². The number of unbranched alkanes of at least 4 members (excludes halogenated alkanes) is 5. The number of esters is 1. The zero-order valence-corrected chi connectivity index (χ0v) is 12.7. The molecule has 0 saturated carbocycles. The molecule has 0 unspecified atom stereocenters. The largest absolute Gasteiger partial charge is 0.465 e. The Bertz CT molecular complexity index is 282. The summed E-state index contributed by atoms with van der Waals surface area (Å²) in [6.07, 6.45) is 8.39. The lowest BCUT2D eigenvalue weighted by atomic mass is 9.94. The molecule has 0 N–H and O–H groups in total. The van der Waals surface area contributed by atoms with Gasteiger partial charge in [0.1, 0.15) is 12.2 Å². The highest BCUT2D eigenvalue weighted by atomic mass is 16.5. The molecule has 0 aromatic heterocycles. The van der Waals surface area contributed by atoms with E-state index >= 15 is 0 Å². The average Bonchev–Trinajstić information content (AvgIpc) is 2.47. The molecule has 0 aromatic rings. The minimum absolute atomic E-state index is 0.00894. The van der Waals surface area contributed by atoms with Gasteiger partial charge in [0.05, 0.1) is 6.61 Å². The zero-order chi connectivity index (χ0) is 14.6. The van der Waals surface area contributed by atoms with Crippen LogP contribution in [0.1, 0.15) is 64.7 Å². The van der Waals surface area contributed by atoms with Crippen molar-refractivity contribution in [2.45, 2.75) is 64.7 Å². The van der Waals surface area contributed by atoms with Gasteiger partial charge in [-0.05, 0) is 19.3 Å². The lowest BCUT2D eigenvalue weighted by Crippen LogP contribution is -2.25. The van der Waals surface area contributed by atoms with Crippen LogP contribution in [-0.2, 0) is 19.1 Å². The Morgan fingerprint density at radius 1 is 1.05 bits per heavy atom. The molecule has 0 atom stereocenters. The van der Waals surface area contributed by atoms with E-state index in [2.05, 4.69) is 6.92 Å². The molecule has 0 amide bonds. The van der Waals surface area contributed by atoms with Gasteiger partial charge in [0, 0.05) is 19.1 Å². The van der Waals surface area contributed by atoms with Crippen molar-refractivity contribution in [3.63, 3.8) is 0 Å². The van der Waals surface area contributed by atoms with E-state index in [-0.39, 0.29) is 24.1 Å². The van der Waals surface area contributed by atoms with Crippen molar-refractivity contribution in [2.75, 3.05) is 19.8 Å². The maximum atomic E-state index is 11.9. The standard InChI is InChI=1S/C16H28O4/c1-2-3-4-5-6-7-10-20-16(18)13-15(17)14-8-11-19-12-9-14/h14H,2-13H2,1H3. The van der Waals surface area contributed by atoms with Crippen LogP contribution in [0.4, 0.5) is 0 Å². The number of rotatable bonds is 10. The van der Waals surface area contributed by atoms with Crippen molar-refractivity contribution in [1.82, 2.24) is 0 Å². The first-order valence-electron chi connectivity index (χ1n) is 8.00. The molecule has 1 saturated heterocycles. The second kappa shape index (κ2) is 10.8. The Morgan fingerprint density at radius 2 is 1.70 bits per heavy atom. The highest BCUT2D eigenvalue weighted by Gasteiger charge is 2.23. The van der Waals surface area contributed by atoms with Crippen LogP contribution in [0.15, 0.2) is 0 Å². The van der Waals surface area contributed by atoms with E-state index in [4.69, 9.17) is 9.47 Å². The van der Waals surface area contributed by atoms with Gasteiger partial charge in [-0.2, -0.15) is 0 Å². The van der Waals surface area contributed by atoms with E-state index in [0.717, 1.165) is 25.7 Å². The van der Waals surface area contributed by atoms with E-state index in [1.54, 1.807) is 0 Å². The van der Waals surface area contributed by atoms with E-state index in [0.29, 0.717) is 19.8 Å². The summed E-state index contributed by atoms with van der Waals surface area (Å²) >= 11 is 0. The van der Waals surface area contributed by atoms with E-state index in [1.807, 2.05) is 0 Å². The van der Waals surface area contributed by atoms with Crippen LogP contribution in [0.3, 0.4) is 0 Å². The molecule has 1 fully saturated rings. The number of hydrogen-bond donors (Lipinski definition) is 0. The Labute approximate surface area is 122 Å². The van der Waals surface area contributed by atoms with Crippen molar-refractivity contribution >= 4 is 11.8 Å². The van der Waals surface area contributed by atoms with Crippen LogP contribution in [-0.4, -0.2) is 31.6 Å². The monoisotopic (exact) mass is 284 g/mol. The fraction of sp³-hybridized carbons (Fsp3) is 0.875. The van der Waals surface area contributed by atoms with E-state index in [1.165, 1.54) is 25.7 Å². The number of carbonyl (C=O) groups excluding carboxylic acids is 2. The van der Waals surface area contributed by atoms with Gasteiger partial charge in [0.25, 0.3) is 0 Å². The molecular formula is C16H28O4. The molecule has 1 rings (SSSR count). The van der Waals surface area contributed by atoms with Crippen molar-refractivity contribution in [1.29, 1.82) is 0 Å². The van der Waals surface area contributed by atoms with Crippen molar-refractivity contribution in [3.8, 4) is 0 Å². The van der Waals surface area contributed by atoms with E-state index in [9.17, 15) is 9.59 Å². The maximum absolute atomic E-state index is 11.9. The molecule has 1 heterocycles. The Morgan fingerprint density at radius 3 is 2.40 bits per heavy atom. The van der Waals surface area contributed by atoms with Gasteiger partial charge >= 0.3 is 5.97 Å². The third-order valence-electron chi connectivity index (χ3n) is 3.76. The molecular weight excluding hydrogens is 256 g/mol.